The Morgan fingerprint density at radius 1 is 1.62 bits per heavy atom. The third-order valence-electron chi connectivity index (χ3n) is 2.25. The fourth-order valence-electron chi connectivity index (χ4n) is 1.47. The summed E-state index contributed by atoms with van der Waals surface area (Å²) in [5.74, 6) is -0.125. The highest BCUT2D eigenvalue weighted by Crippen LogP contribution is 2.04. The number of rotatable bonds is 3. The number of hydrogen-bond donors (Lipinski definition) is 2. The summed E-state index contributed by atoms with van der Waals surface area (Å²) < 4.78 is 1.63. The van der Waals surface area contributed by atoms with Crippen LogP contribution in [0.2, 0.25) is 0 Å². The summed E-state index contributed by atoms with van der Waals surface area (Å²) in [5, 5.41) is 6.90. The molecule has 2 N–H and O–H groups in total. The molecule has 2 heterocycles. The molecule has 0 aliphatic carbocycles. The van der Waals surface area contributed by atoms with Gasteiger partial charge in [0.15, 0.2) is 0 Å². The number of aryl methyl sites for hydroxylation is 2. The average molecular weight is 219 g/mol. The number of imidazole rings is 1. The van der Waals surface area contributed by atoms with Gasteiger partial charge < -0.3 is 10.3 Å². The van der Waals surface area contributed by atoms with E-state index in [4.69, 9.17) is 0 Å². The van der Waals surface area contributed by atoms with Gasteiger partial charge in [-0.25, -0.2) is 4.98 Å². The summed E-state index contributed by atoms with van der Waals surface area (Å²) in [6, 6.07) is 0. The molecule has 0 aliphatic rings. The highest BCUT2D eigenvalue weighted by atomic mass is 16.1. The predicted octanol–water partition coefficient (Wildman–Crippen LogP) is 0.382. The van der Waals surface area contributed by atoms with Gasteiger partial charge in [0.25, 0.3) is 5.91 Å². The van der Waals surface area contributed by atoms with E-state index in [-0.39, 0.29) is 5.91 Å². The zero-order valence-electron chi connectivity index (χ0n) is 9.19. The second kappa shape index (κ2) is 4.18. The molecule has 0 saturated heterocycles. The third-order valence-corrected chi connectivity index (χ3v) is 2.25. The zero-order chi connectivity index (χ0) is 11.5. The Bertz CT molecular complexity index is 485. The Balaban J connectivity index is 2.01. The lowest BCUT2D eigenvalue weighted by Gasteiger charge is -2.01. The van der Waals surface area contributed by atoms with E-state index in [1.165, 1.54) is 0 Å². The standard InChI is InChI=1S/C10H13N5O/c1-7-9(5-15(2)14-7)10(16)12-4-8-3-11-6-13-8/h3,5-6H,4H2,1-2H3,(H,11,13)(H,12,16). The van der Waals surface area contributed by atoms with Gasteiger partial charge >= 0.3 is 0 Å². The molecule has 0 aliphatic heterocycles. The number of H-pyrrole nitrogens is 1. The first kappa shape index (κ1) is 10.4. The number of aromatic amines is 1. The Morgan fingerprint density at radius 3 is 3.00 bits per heavy atom. The van der Waals surface area contributed by atoms with Gasteiger partial charge in [0.1, 0.15) is 0 Å². The molecule has 0 bridgehead atoms. The molecule has 84 valence electrons. The van der Waals surface area contributed by atoms with Crippen LogP contribution in [0, 0.1) is 6.92 Å². The van der Waals surface area contributed by atoms with Crippen LogP contribution in [0.5, 0.6) is 0 Å². The number of carbonyl (C=O) groups excluding carboxylic acids is 1. The van der Waals surface area contributed by atoms with Gasteiger partial charge in [-0.1, -0.05) is 0 Å². The van der Waals surface area contributed by atoms with E-state index >= 15 is 0 Å². The van der Waals surface area contributed by atoms with Gasteiger partial charge in [-0.15, -0.1) is 0 Å². The lowest BCUT2D eigenvalue weighted by Crippen LogP contribution is -2.23. The maximum Gasteiger partial charge on any atom is 0.255 e. The van der Waals surface area contributed by atoms with Crippen molar-refractivity contribution in [2.24, 2.45) is 7.05 Å². The zero-order valence-corrected chi connectivity index (χ0v) is 9.19. The summed E-state index contributed by atoms with van der Waals surface area (Å²) in [5.41, 5.74) is 2.20. The topological polar surface area (TPSA) is 75.6 Å². The number of carbonyl (C=O) groups is 1. The normalized spacial score (nSPS) is 10.4. The van der Waals surface area contributed by atoms with Crippen LogP contribution in [0.25, 0.3) is 0 Å². The SMILES string of the molecule is Cc1nn(C)cc1C(=O)NCc1cnc[nH]1. The number of nitrogens with one attached hydrogen (secondary N) is 2. The van der Waals surface area contributed by atoms with Crippen LogP contribution < -0.4 is 5.32 Å². The van der Waals surface area contributed by atoms with Gasteiger partial charge in [-0.2, -0.15) is 5.10 Å². The van der Waals surface area contributed by atoms with E-state index in [0.29, 0.717) is 12.1 Å². The lowest BCUT2D eigenvalue weighted by molar-refractivity contribution is 0.0950. The Hall–Kier alpha value is -2.11. The van der Waals surface area contributed by atoms with E-state index in [9.17, 15) is 4.79 Å². The minimum atomic E-state index is -0.125. The van der Waals surface area contributed by atoms with Gasteiger partial charge in [-0.05, 0) is 6.92 Å². The molecule has 0 atom stereocenters. The fourth-order valence-corrected chi connectivity index (χ4v) is 1.47. The minimum Gasteiger partial charge on any atom is -0.347 e. The second-order valence-electron chi connectivity index (χ2n) is 3.56. The van der Waals surface area contributed by atoms with E-state index in [0.717, 1.165) is 11.4 Å². The molecule has 2 rings (SSSR count). The van der Waals surface area contributed by atoms with Crippen molar-refractivity contribution < 1.29 is 4.79 Å². The van der Waals surface area contributed by atoms with Crippen molar-refractivity contribution in [2.75, 3.05) is 0 Å². The smallest absolute Gasteiger partial charge is 0.255 e. The van der Waals surface area contributed by atoms with Crippen LogP contribution >= 0.6 is 0 Å². The van der Waals surface area contributed by atoms with E-state index in [1.54, 1.807) is 30.5 Å². The molecule has 0 radical (unpaired) electrons. The van der Waals surface area contributed by atoms with E-state index in [1.807, 2.05) is 6.92 Å². The molecular weight excluding hydrogens is 206 g/mol. The molecule has 6 heteroatoms. The quantitative estimate of drug-likeness (QED) is 0.783. The second-order valence-corrected chi connectivity index (χ2v) is 3.56. The molecule has 16 heavy (non-hydrogen) atoms. The molecule has 0 unspecified atom stereocenters. The van der Waals surface area contributed by atoms with E-state index in [2.05, 4.69) is 20.4 Å². The highest BCUT2D eigenvalue weighted by Gasteiger charge is 2.11. The fraction of sp³-hybridized carbons (Fsp3) is 0.300. The van der Waals surface area contributed by atoms with Crippen molar-refractivity contribution in [2.45, 2.75) is 13.5 Å². The van der Waals surface area contributed by atoms with Crippen molar-refractivity contribution in [3.05, 3.63) is 35.7 Å². The Kier molecular flexibility index (Phi) is 2.72. The van der Waals surface area contributed by atoms with Crippen LogP contribution in [0.1, 0.15) is 21.7 Å². The van der Waals surface area contributed by atoms with Crippen molar-refractivity contribution in [1.82, 2.24) is 25.1 Å². The summed E-state index contributed by atoms with van der Waals surface area (Å²) in [6.45, 7) is 2.25. The monoisotopic (exact) mass is 219 g/mol. The maximum absolute atomic E-state index is 11.8. The van der Waals surface area contributed by atoms with Crippen LogP contribution in [0.4, 0.5) is 0 Å². The molecule has 0 aromatic carbocycles. The number of nitrogens with zero attached hydrogens (tertiary/aromatic N) is 3. The first-order valence-corrected chi connectivity index (χ1v) is 4.92. The molecule has 0 fully saturated rings. The first-order valence-electron chi connectivity index (χ1n) is 4.92. The highest BCUT2D eigenvalue weighted by molar-refractivity contribution is 5.94. The third kappa shape index (κ3) is 2.10. The maximum atomic E-state index is 11.8. The van der Waals surface area contributed by atoms with Crippen LogP contribution in [0.3, 0.4) is 0 Å². The first-order chi connectivity index (χ1) is 7.66. The summed E-state index contributed by atoms with van der Waals surface area (Å²) in [6.07, 6.45) is 4.96. The van der Waals surface area contributed by atoms with Crippen molar-refractivity contribution >= 4 is 5.91 Å². The Morgan fingerprint density at radius 2 is 2.44 bits per heavy atom. The van der Waals surface area contributed by atoms with Crippen molar-refractivity contribution in [3.8, 4) is 0 Å². The largest absolute Gasteiger partial charge is 0.347 e. The number of hydrogen-bond acceptors (Lipinski definition) is 3. The molecule has 2 aromatic heterocycles. The van der Waals surface area contributed by atoms with Crippen molar-refractivity contribution in [1.29, 1.82) is 0 Å². The van der Waals surface area contributed by atoms with Crippen LogP contribution in [-0.4, -0.2) is 25.7 Å². The summed E-state index contributed by atoms with van der Waals surface area (Å²) >= 11 is 0. The lowest BCUT2D eigenvalue weighted by atomic mass is 10.2. The average Bonchev–Trinajstić information content (AvgIpc) is 2.84. The van der Waals surface area contributed by atoms with Crippen LogP contribution in [0.15, 0.2) is 18.7 Å². The van der Waals surface area contributed by atoms with Gasteiger partial charge in [0, 0.05) is 19.4 Å². The molecule has 6 nitrogen and oxygen atoms in total. The van der Waals surface area contributed by atoms with Gasteiger partial charge in [-0.3, -0.25) is 9.48 Å². The van der Waals surface area contributed by atoms with Gasteiger partial charge in [0.2, 0.25) is 0 Å². The minimum absolute atomic E-state index is 0.125. The molecule has 1 amide bonds. The summed E-state index contributed by atoms with van der Waals surface area (Å²) in [7, 11) is 1.79. The Labute approximate surface area is 92.7 Å². The number of aromatic nitrogens is 4. The molecule has 0 spiro atoms. The number of amides is 1. The van der Waals surface area contributed by atoms with Gasteiger partial charge in [0.05, 0.1) is 29.8 Å². The molecular formula is C10H13N5O. The predicted molar refractivity (Wildman–Crippen MR) is 57.7 cm³/mol. The van der Waals surface area contributed by atoms with Crippen molar-refractivity contribution in [3.63, 3.8) is 0 Å². The van der Waals surface area contributed by atoms with Crippen LogP contribution in [-0.2, 0) is 13.6 Å². The summed E-state index contributed by atoms with van der Waals surface area (Å²) in [4.78, 5) is 18.6. The molecule has 2 aromatic rings. The molecule has 0 saturated carbocycles. The van der Waals surface area contributed by atoms with E-state index < -0.39 is 0 Å².